The Hall–Kier alpha value is -4.85. The molecule has 4 aromatic rings. The summed E-state index contributed by atoms with van der Waals surface area (Å²) in [4.78, 5) is 30.6. The summed E-state index contributed by atoms with van der Waals surface area (Å²) in [5, 5.41) is 23.6. The van der Waals surface area contributed by atoms with Crippen LogP contribution in [0, 0.1) is 0 Å². The minimum Gasteiger partial charge on any atom is -0.497 e. The van der Waals surface area contributed by atoms with Gasteiger partial charge >= 0.3 is 6.03 Å². The van der Waals surface area contributed by atoms with Crippen LogP contribution in [0.1, 0.15) is 47.2 Å². The lowest BCUT2D eigenvalue weighted by atomic mass is 9.89. The number of carbonyl (C=O) groups excluding carboxylic acids is 2. The number of nitrogens with one attached hydrogen (secondary N) is 3. The zero-order valence-electron chi connectivity index (χ0n) is 30.9. The number of nitrogens with zero attached hydrogens (tertiary/aromatic N) is 3. The quantitative estimate of drug-likeness (QED) is 0.162. The maximum absolute atomic E-state index is 14.6. The first-order valence-corrected chi connectivity index (χ1v) is 19.4. The fourth-order valence-corrected chi connectivity index (χ4v) is 8.09. The molecule has 2 bridgehead atoms. The highest BCUT2D eigenvalue weighted by molar-refractivity contribution is 6.33. The van der Waals surface area contributed by atoms with Gasteiger partial charge in [0.05, 0.1) is 55.9 Å². The van der Waals surface area contributed by atoms with E-state index < -0.39 is 18.2 Å². The van der Waals surface area contributed by atoms with Gasteiger partial charge in [-0.2, -0.15) is 0 Å². The molecule has 3 amide bonds. The Morgan fingerprint density at radius 2 is 1.69 bits per heavy atom. The van der Waals surface area contributed by atoms with Crippen molar-refractivity contribution in [2.45, 2.75) is 50.2 Å². The SMILES string of the molecule is COc1ccc(Cl)c(N2CCCN2C(=O)[C@@H](NC(=O)NCc2ccc3c(c2)[C@H]2C[C@H](N3)[C@H](O)CO2)c2ccc(-c3ccc(CN4CCOCC4)cc3)cc2)c1. The maximum Gasteiger partial charge on any atom is 0.315 e. The van der Waals surface area contributed by atoms with Gasteiger partial charge in [-0.15, -0.1) is 0 Å². The number of aliphatic hydroxyl groups is 1. The average molecular weight is 767 g/mol. The number of benzene rings is 4. The molecule has 4 N–H and O–H groups in total. The Labute approximate surface area is 326 Å². The Balaban J connectivity index is 1.00. The number of amides is 3. The number of morpholine rings is 1. The molecule has 4 aromatic carbocycles. The van der Waals surface area contributed by atoms with Gasteiger partial charge < -0.3 is 35.3 Å². The number of fused-ring (bicyclic) bond motifs is 4. The van der Waals surface area contributed by atoms with Crippen molar-refractivity contribution in [2.24, 2.45) is 0 Å². The molecule has 4 atom stereocenters. The van der Waals surface area contributed by atoms with Crippen LogP contribution in [0.2, 0.25) is 5.02 Å². The third kappa shape index (κ3) is 8.24. The summed E-state index contributed by atoms with van der Waals surface area (Å²) in [6, 6.07) is 26.1. The van der Waals surface area contributed by atoms with Crippen LogP contribution in [0.25, 0.3) is 11.1 Å². The summed E-state index contributed by atoms with van der Waals surface area (Å²) in [5.74, 6) is 0.348. The largest absolute Gasteiger partial charge is 0.497 e. The van der Waals surface area contributed by atoms with Crippen molar-refractivity contribution in [2.75, 3.05) is 63.4 Å². The second kappa shape index (κ2) is 16.5. The molecule has 0 unspecified atom stereocenters. The van der Waals surface area contributed by atoms with E-state index in [-0.39, 0.29) is 31.2 Å². The number of aliphatic hydroxyl groups excluding tert-OH is 1. The highest BCUT2D eigenvalue weighted by Crippen LogP contribution is 2.40. The molecule has 13 heteroatoms. The monoisotopic (exact) mass is 766 g/mol. The highest BCUT2D eigenvalue weighted by Gasteiger charge is 2.37. The fraction of sp³-hybridized carbons (Fsp3) is 0.381. The zero-order chi connectivity index (χ0) is 37.9. The van der Waals surface area contributed by atoms with Gasteiger partial charge in [0.1, 0.15) is 11.8 Å². The Morgan fingerprint density at radius 1 is 0.945 bits per heavy atom. The smallest absolute Gasteiger partial charge is 0.315 e. The lowest BCUT2D eigenvalue weighted by Gasteiger charge is -2.40. The van der Waals surface area contributed by atoms with Crippen LogP contribution in [0.15, 0.2) is 84.9 Å². The van der Waals surface area contributed by atoms with Crippen molar-refractivity contribution in [3.05, 3.63) is 112 Å². The van der Waals surface area contributed by atoms with Gasteiger partial charge in [0.2, 0.25) is 0 Å². The van der Waals surface area contributed by atoms with Crippen molar-refractivity contribution < 1.29 is 28.9 Å². The first-order valence-electron chi connectivity index (χ1n) is 19.0. The van der Waals surface area contributed by atoms with E-state index in [1.807, 2.05) is 53.5 Å². The van der Waals surface area contributed by atoms with Crippen LogP contribution in [-0.2, 0) is 27.4 Å². The van der Waals surface area contributed by atoms with Crippen molar-refractivity contribution >= 4 is 34.9 Å². The third-order valence-electron chi connectivity index (χ3n) is 10.9. The van der Waals surface area contributed by atoms with E-state index in [1.54, 1.807) is 24.3 Å². The van der Waals surface area contributed by atoms with Crippen molar-refractivity contribution in [1.82, 2.24) is 20.5 Å². The van der Waals surface area contributed by atoms with E-state index in [0.717, 1.165) is 67.2 Å². The van der Waals surface area contributed by atoms with Gasteiger partial charge in [0.15, 0.2) is 0 Å². The molecule has 4 aliphatic heterocycles. The molecular weight excluding hydrogens is 720 g/mol. The van der Waals surface area contributed by atoms with Crippen LogP contribution in [0.4, 0.5) is 16.2 Å². The number of ether oxygens (including phenoxy) is 3. The van der Waals surface area contributed by atoms with Crippen LogP contribution >= 0.6 is 11.6 Å². The number of hydrogen-bond acceptors (Lipinski definition) is 9. The van der Waals surface area contributed by atoms with Gasteiger partial charge in [-0.1, -0.05) is 66.2 Å². The standard InChI is InChI=1S/C42H47ClN6O6/c1-53-32-12-13-34(43)37(22-32)48-15-2-16-49(48)41(51)40(31-10-8-30(9-11-31)29-6-3-27(4-7-29)25-47-17-19-54-20-18-47)46-42(52)44-24-28-5-14-35-33(21-28)39-23-36(45-35)38(50)26-55-39/h3-14,21-22,36,38-40,45,50H,2,15-20,23-26H2,1H3,(H2,44,46,52)/t36-,38+,39+,40-/m0/s1. The predicted molar refractivity (Wildman–Crippen MR) is 211 cm³/mol. The molecule has 3 fully saturated rings. The van der Waals surface area contributed by atoms with Gasteiger partial charge in [0.25, 0.3) is 5.91 Å². The van der Waals surface area contributed by atoms with Crippen LogP contribution in [0.3, 0.4) is 0 Å². The average Bonchev–Trinajstić information content (AvgIpc) is 3.71. The van der Waals surface area contributed by atoms with E-state index in [9.17, 15) is 14.7 Å². The van der Waals surface area contributed by atoms with Gasteiger partial charge in [-0.05, 0) is 58.5 Å². The maximum atomic E-state index is 14.6. The molecule has 0 aromatic heterocycles. The molecule has 8 rings (SSSR count). The van der Waals surface area contributed by atoms with Crippen LogP contribution in [0.5, 0.6) is 5.75 Å². The van der Waals surface area contributed by atoms with E-state index >= 15 is 0 Å². The summed E-state index contributed by atoms with van der Waals surface area (Å²) < 4.78 is 16.9. The minimum atomic E-state index is -0.985. The number of hydrogen-bond donors (Lipinski definition) is 4. The second-order valence-electron chi connectivity index (χ2n) is 14.5. The molecule has 12 nitrogen and oxygen atoms in total. The molecule has 4 heterocycles. The van der Waals surface area contributed by atoms with Crippen molar-refractivity contribution in [3.63, 3.8) is 0 Å². The predicted octanol–water partition coefficient (Wildman–Crippen LogP) is 5.66. The van der Waals surface area contributed by atoms with Crippen LogP contribution < -0.4 is 25.7 Å². The van der Waals surface area contributed by atoms with Crippen LogP contribution in [-0.4, -0.2) is 92.2 Å². The summed E-state index contributed by atoms with van der Waals surface area (Å²) in [7, 11) is 1.59. The molecule has 55 heavy (non-hydrogen) atoms. The lowest BCUT2D eigenvalue weighted by molar-refractivity contribution is -0.132. The fourth-order valence-electron chi connectivity index (χ4n) is 7.88. The summed E-state index contributed by atoms with van der Waals surface area (Å²) in [5.41, 5.74) is 7.46. The van der Waals surface area contributed by atoms with E-state index in [4.69, 9.17) is 25.8 Å². The number of methoxy groups -OCH3 is 1. The lowest BCUT2D eigenvalue weighted by Crippen LogP contribution is -2.49. The third-order valence-corrected chi connectivity index (χ3v) is 11.3. The van der Waals surface area contributed by atoms with Gasteiger partial charge in [-0.25, -0.2) is 4.79 Å². The highest BCUT2D eigenvalue weighted by atomic mass is 35.5. The number of anilines is 2. The molecule has 0 spiro atoms. The molecule has 0 aliphatic carbocycles. The van der Waals surface area contributed by atoms with E-state index in [0.29, 0.717) is 41.5 Å². The second-order valence-corrected chi connectivity index (χ2v) is 14.9. The van der Waals surface area contributed by atoms with Gasteiger partial charge in [-0.3, -0.25) is 19.7 Å². The van der Waals surface area contributed by atoms with E-state index in [1.165, 1.54) is 5.56 Å². The molecular formula is C42H47ClN6O6. The summed E-state index contributed by atoms with van der Waals surface area (Å²) in [6.45, 7) is 5.87. The molecule has 0 radical (unpaired) electrons. The van der Waals surface area contributed by atoms with E-state index in [2.05, 4.69) is 45.1 Å². The topological polar surface area (TPSA) is 128 Å². The molecule has 3 saturated heterocycles. The van der Waals surface area contributed by atoms with Crippen molar-refractivity contribution in [3.8, 4) is 16.9 Å². The Bertz CT molecular complexity index is 1990. The number of carbonyl (C=O) groups is 2. The molecule has 4 aliphatic rings. The Morgan fingerprint density at radius 3 is 2.45 bits per heavy atom. The van der Waals surface area contributed by atoms with Crippen molar-refractivity contribution in [1.29, 1.82) is 0 Å². The minimum absolute atomic E-state index is 0.0397. The molecule has 0 saturated carbocycles. The number of hydrazine groups is 1. The number of halogens is 1. The van der Waals surface area contributed by atoms with Gasteiger partial charge in [0, 0.05) is 63.0 Å². The summed E-state index contributed by atoms with van der Waals surface area (Å²) >= 11 is 6.65. The molecule has 288 valence electrons. The summed E-state index contributed by atoms with van der Waals surface area (Å²) in [6.07, 6.45) is 0.760. The first kappa shape index (κ1) is 37.1. The number of urea groups is 1. The Kier molecular flexibility index (Phi) is 11.1. The zero-order valence-corrected chi connectivity index (χ0v) is 31.6. The first-order chi connectivity index (χ1) is 26.8. The normalized spacial score (nSPS) is 21.3. The number of rotatable bonds is 10.